The van der Waals surface area contributed by atoms with Gasteiger partial charge in [0.05, 0.1) is 0 Å². The maximum absolute atomic E-state index is 13.0. The maximum Gasteiger partial charge on any atom is 0.344 e. The molecule has 0 unspecified atom stereocenters. The zero-order valence-corrected chi connectivity index (χ0v) is 14.5. The molecule has 0 spiro atoms. The highest BCUT2D eigenvalue weighted by Gasteiger charge is 2.12. The summed E-state index contributed by atoms with van der Waals surface area (Å²) in [7, 11) is 0. The van der Waals surface area contributed by atoms with Gasteiger partial charge in [-0.05, 0) is 55.3 Å². The average Bonchev–Trinajstić information content (AvgIpc) is 2.52. The number of rotatable bonds is 6. The summed E-state index contributed by atoms with van der Waals surface area (Å²) in [4.78, 5) is 23.4. The van der Waals surface area contributed by atoms with Crippen LogP contribution < -0.4 is 10.1 Å². The van der Waals surface area contributed by atoms with Gasteiger partial charge in [-0.1, -0.05) is 17.7 Å². The van der Waals surface area contributed by atoms with Crippen LogP contribution in [-0.2, 0) is 14.3 Å². The van der Waals surface area contributed by atoms with Crippen LogP contribution in [0.1, 0.15) is 11.1 Å². The molecule has 2 aromatic rings. The number of benzene rings is 2. The van der Waals surface area contributed by atoms with Crippen molar-refractivity contribution in [3.8, 4) is 5.75 Å². The third kappa shape index (κ3) is 5.76. The molecule has 0 heterocycles. The fourth-order valence-electron chi connectivity index (χ4n) is 2.21. The predicted octanol–water partition coefficient (Wildman–Crippen LogP) is 3.66. The normalized spacial score (nSPS) is 10.2. The summed E-state index contributed by atoms with van der Waals surface area (Å²) in [6.07, 6.45) is 0. The summed E-state index contributed by atoms with van der Waals surface area (Å²) in [5, 5.41) is 3.01. The van der Waals surface area contributed by atoms with Gasteiger partial charge in [0, 0.05) is 10.7 Å². The monoisotopic (exact) mass is 365 g/mol. The van der Waals surface area contributed by atoms with Gasteiger partial charge < -0.3 is 14.8 Å². The molecular weight excluding hydrogens is 349 g/mol. The van der Waals surface area contributed by atoms with Crippen molar-refractivity contribution in [2.75, 3.05) is 18.5 Å². The van der Waals surface area contributed by atoms with Gasteiger partial charge in [-0.3, -0.25) is 4.79 Å². The minimum Gasteiger partial charge on any atom is -0.481 e. The van der Waals surface area contributed by atoms with Gasteiger partial charge in [0.25, 0.3) is 5.91 Å². The van der Waals surface area contributed by atoms with Crippen molar-refractivity contribution >= 4 is 29.2 Å². The summed E-state index contributed by atoms with van der Waals surface area (Å²) < 4.78 is 23.3. The molecule has 1 N–H and O–H groups in total. The Morgan fingerprint density at radius 1 is 1.12 bits per heavy atom. The zero-order chi connectivity index (χ0) is 18.4. The van der Waals surface area contributed by atoms with Gasteiger partial charge in [-0.2, -0.15) is 0 Å². The van der Waals surface area contributed by atoms with Crippen LogP contribution in [0.15, 0.2) is 36.4 Å². The van der Waals surface area contributed by atoms with Gasteiger partial charge in [0.1, 0.15) is 11.6 Å². The van der Waals surface area contributed by atoms with E-state index in [-0.39, 0.29) is 12.3 Å². The van der Waals surface area contributed by atoms with Crippen LogP contribution >= 0.6 is 11.6 Å². The highest BCUT2D eigenvalue weighted by molar-refractivity contribution is 6.30. The maximum atomic E-state index is 13.0. The molecule has 0 saturated carbocycles. The Bertz CT molecular complexity index is 771. The molecule has 0 aliphatic rings. The van der Waals surface area contributed by atoms with E-state index in [0.29, 0.717) is 10.8 Å². The Morgan fingerprint density at radius 2 is 1.80 bits per heavy atom. The lowest BCUT2D eigenvalue weighted by molar-refractivity contribution is -0.149. The molecule has 1 amide bonds. The summed E-state index contributed by atoms with van der Waals surface area (Å²) in [5.74, 6) is -1.19. The quantitative estimate of drug-likeness (QED) is 0.793. The van der Waals surface area contributed by atoms with Crippen molar-refractivity contribution in [1.29, 1.82) is 0 Å². The molecule has 5 nitrogen and oxygen atoms in total. The second kappa shape index (κ2) is 8.48. The van der Waals surface area contributed by atoms with Crippen LogP contribution in [0.25, 0.3) is 0 Å². The highest BCUT2D eigenvalue weighted by atomic mass is 35.5. The van der Waals surface area contributed by atoms with Gasteiger partial charge in [-0.25, -0.2) is 9.18 Å². The number of anilines is 1. The number of hydrogen-bond acceptors (Lipinski definition) is 4. The Labute approximate surface area is 149 Å². The lowest BCUT2D eigenvalue weighted by atomic mass is 10.1. The largest absolute Gasteiger partial charge is 0.481 e. The third-order valence-electron chi connectivity index (χ3n) is 3.23. The Balaban J connectivity index is 1.80. The zero-order valence-electron chi connectivity index (χ0n) is 13.8. The molecular formula is C18H17ClFNO4. The fourth-order valence-corrected chi connectivity index (χ4v) is 2.53. The molecule has 25 heavy (non-hydrogen) atoms. The number of esters is 1. The van der Waals surface area contributed by atoms with Crippen molar-refractivity contribution in [3.05, 3.63) is 58.4 Å². The number of nitrogens with one attached hydrogen (secondary N) is 1. The summed E-state index contributed by atoms with van der Waals surface area (Å²) in [6, 6.07) is 8.85. The topological polar surface area (TPSA) is 64.6 Å². The summed E-state index contributed by atoms with van der Waals surface area (Å²) in [6.45, 7) is 2.80. The molecule has 0 fully saturated rings. The fraction of sp³-hybridized carbons (Fsp3) is 0.222. The van der Waals surface area contributed by atoms with Crippen LogP contribution in [-0.4, -0.2) is 25.1 Å². The summed E-state index contributed by atoms with van der Waals surface area (Å²) in [5.41, 5.74) is 1.87. The van der Waals surface area contributed by atoms with E-state index in [2.05, 4.69) is 5.32 Å². The first-order valence-electron chi connectivity index (χ1n) is 7.45. The van der Waals surface area contributed by atoms with Crippen LogP contribution in [0.5, 0.6) is 5.75 Å². The molecule has 0 aliphatic carbocycles. The van der Waals surface area contributed by atoms with Gasteiger partial charge in [0.2, 0.25) is 0 Å². The van der Waals surface area contributed by atoms with Crippen molar-refractivity contribution in [3.63, 3.8) is 0 Å². The standard InChI is InChI=1S/C18H17ClFNO4/c1-11-6-13(19)7-12(2)18(11)25-10-17(23)24-9-16(22)21-15-5-3-4-14(20)8-15/h3-8H,9-10H2,1-2H3,(H,21,22). The molecule has 132 valence electrons. The van der Waals surface area contributed by atoms with Crippen LogP contribution in [0.4, 0.5) is 10.1 Å². The van der Waals surface area contributed by atoms with Gasteiger partial charge in [0.15, 0.2) is 13.2 Å². The number of halogens is 2. The molecule has 0 radical (unpaired) electrons. The molecule has 0 saturated heterocycles. The second-order valence-corrected chi connectivity index (χ2v) is 5.81. The van der Waals surface area contributed by atoms with E-state index in [4.69, 9.17) is 21.1 Å². The van der Waals surface area contributed by atoms with E-state index in [9.17, 15) is 14.0 Å². The number of carbonyl (C=O) groups is 2. The first-order chi connectivity index (χ1) is 11.8. The lowest BCUT2D eigenvalue weighted by Gasteiger charge is -2.12. The minimum atomic E-state index is -0.692. The Kier molecular flexibility index (Phi) is 6.36. The molecule has 0 bridgehead atoms. The van der Waals surface area contributed by atoms with E-state index in [1.807, 2.05) is 13.8 Å². The van der Waals surface area contributed by atoms with Crippen LogP contribution in [0.3, 0.4) is 0 Å². The lowest BCUT2D eigenvalue weighted by Crippen LogP contribution is -2.23. The molecule has 2 aromatic carbocycles. The Hall–Kier alpha value is -2.60. The Morgan fingerprint density at radius 3 is 2.44 bits per heavy atom. The molecule has 0 aliphatic heterocycles. The van der Waals surface area contributed by atoms with Crippen LogP contribution in [0.2, 0.25) is 5.02 Å². The smallest absolute Gasteiger partial charge is 0.344 e. The predicted molar refractivity (Wildman–Crippen MR) is 92.4 cm³/mol. The van der Waals surface area contributed by atoms with Gasteiger partial charge in [-0.15, -0.1) is 0 Å². The molecule has 0 atom stereocenters. The van der Waals surface area contributed by atoms with Crippen molar-refractivity contribution < 1.29 is 23.5 Å². The van der Waals surface area contributed by atoms with E-state index in [1.165, 1.54) is 18.2 Å². The highest BCUT2D eigenvalue weighted by Crippen LogP contribution is 2.26. The third-order valence-corrected chi connectivity index (χ3v) is 3.45. The number of hydrogen-bond donors (Lipinski definition) is 1. The van der Waals surface area contributed by atoms with Gasteiger partial charge >= 0.3 is 5.97 Å². The average molecular weight is 366 g/mol. The van der Waals surface area contributed by atoms with E-state index in [1.54, 1.807) is 12.1 Å². The summed E-state index contributed by atoms with van der Waals surface area (Å²) >= 11 is 5.93. The number of carbonyl (C=O) groups excluding carboxylic acids is 2. The SMILES string of the molecule is Cc1cc(Cl)cc(C)c1OCC(=O)OCC(=O)Nc1cccc(F)c1. The van der Waals surface area contributed by atoms with E-state index in [0.717, 1.165) is 17.2 Å². The van der Waals surface area contributed by atoms with E-state index < -0.39 is 24.3 Å². The molecule has 7 heteroatoms. The number of ether oxygens (including phenoxy) is 2. The number of amides is 1. The first kappa shape index (κ1) is 18.7. The van der Waals surface area contributed by atoms with E-state index >= 15 is 0 Å². The number of aryl methyl sites for hydroxylation is 2. The van der Waals surface area contributed by atoms with Crippen molar-refractivity contribution in [1.82, 2.24) is 0 Å². The molecule has 2 rings (SSSR count). The first-order valence-corrected chi connectivity index (χ1v) is 7.83. The van der Waals surface area contributed by atoms with Crippen molar-refractivity contribution in [2.24, 2.45) is 0 Å². The van der Waals surface area contributed by atoms with Crippen molar-refractivity contribution in [2.45, 2.75) is 13.8 Å². The molecule has 0 aromatic heterocycles. The second-order valence-electron chi connectivity index (χ2n) is 5.38. The van der Waals surface area contributed by atoms with Crippen LogP contribution in [0, 0.1) is 19.7 Å². The minimum absolute atomic E-state index is 0.282.